The fraction of sp³-hybridized carbons (Fsp3) is 0.364. The van der Waals surface area contributed by atoms with E-state index in [0.29, 0.717) is 13.0 Å². The summed E-state index contributed by atoms with van der Waals surface area (Å²) in [6.07, 6.45) is 0.579. The van der Waals surface area contributed by atoms with Gasteiger partial charge in [-0.1, -0.05) is 34.1 Å². The molecule has 14 heavy (non-hydrogen) atoms. The maximum atomic E-state index is 11.3. The van der Waals surface area contributed by atoms with Crippen LogP contribution in [0.2, 0.25) is 0 Å². The van der Waals surface area contributed by atoms with Crippen molar-refractivity contribution in [1.82, 2.24) is 5.32 Å². The normalized spacial score (nSPS) is 26.9. The van der Waals surface area contributed by atoms with Crippen LogP contribution in [0.15, 0.2) is 28.7 Å². The largest absolute Gasteiger partial charge is 0.300 e. The first-order chi connectivity index (χ1) is 6.62. The Morgan fingerprint density at radius 2 is 2.14 bits per heavy atom. The Morgan fingerprint density at radius 3 is 2.71 bits per heavy atom. The zero-order valence-electron chi connectivity index (χ0n) is 8.01. The molecule has 1 atom stereocenters. The van der Waals surface area contributed by atoms with Crippen molar-refractivity contribution in [2.24, 2.45) is 0 Å². The average Bonchev–Trinajstić information content (AvgIpc) is 2.48. The van der Waals surface area contributed by atoms with Crippen molar-refractivity contribution in [3.63, 3.8) is 0 Å². The van der Waals surface area contributed by atoms with E-state index in [0.717, 1.165) is 10.0 Å². The van der Waals surface area contributed by atoms with Gasteiger partial charge in [0, 0.05) is 16.4 Å². The molecular weight excluding hydrogens is 242 g/mol. The van der Waals surface area contributed by atoms with E-state index in [9.17, 15) is 4.79 Å². The number of carbonyl (C=O) groups is 1. The molecule has 0 bridgehead atoms. The predicted octanol–water partition coefficient (Wildman–Crippen LogP) is 2.23. The molecule has 1 aromatic rings. The van der Waals surface area contributed by atoms with E-state index in [1.165, 1.54) is 0 Å². The molecule has 1 heterocycles. The molecule has 1 aromatic carbocycles. The average molecular weight is 254 g/mol. The minimum atomic E-state index is -0.197. The third kappa shape index (κ3) is 1.62. The summed E-state index contributed by atoms with van der Waals surface area (Å²) in [7, 11) is 0. The number of benzene rings is 1. The molecule has 0 aliphatic carbocycles. The molecule has 0 amide bonds. The number of rotatable bonds is 1. The van der Waals surface area contributed by atoms with E-state index in [1.54, 1.807) is 0 Å². The number of nitrogens with one attached hydrogen (secondary N) is 1. The molecule has 0 spiro atoms. The van der Waals surface area contributed by atoms with Gasteiger partial charge >= 0.3 is 0 Å². The van der Waals surface area contributed by atoms with Crippen LogP contribution in [0.4, 0.5) is 0 Å². The quantitative estimate of drug-likeness (QED) is 0.832. The molecule has 2 rings (SSSR count). The number of hydrogen-bond donors (Lipinski definition) is 1. The maximum absolute atomic E-state index is 11.3. The van der Waals surface area contributed by atoms with Crippen LogP contribution in [0, 0.1) is 0 Å². The monoisotopic (exact) mass is 253 g/mol. The highest BCUT2D eigenvalue weighted by atomic mass is 79.9. The van der Waals surface area contributed by atoms with E-state index in [-0.39, 0.29) is 11.3 Å². The molecule has 0 radical (unpaired) electrons. The smallest absolute Gasteiger partial charge is 0.148 e. The van der Waals surface area contributed by atoms with Gasteiger partial charge in [-0.2, -0.15) is 0 Å². The minimum absolute atomic E-state index is 0.197. The molecule has 1 aliphatic rings. The Kier molecular flexibility index (Phi) is 2.45. The highest BCUT2D eigenvalue weighted by molar-refractivity contribution is 9.10. The molecule has 0 saturated carbocycles. The number of hydrogen-bond acceptors (Lipinski definition) is 2. The molecule has 3 heteroatoms. The highest BCUT2D eigenvalue weighted by Gasteiger charge is 2.35. The zero-order chi connectivity index (χ0) is 10.2. The lowest BCUT2D eigenvalue weighted by Crippen LogP contribution is -2.33. The molecule has 1 fully saturated rings. The van der Waals surface area contributed by atoms with Gasteiger partial charge in [0.1, 0.15) is 5.78 Å². The van der Waals surface area contributed by atoms with Gasteiger partial charge in [0.2, 0.25) is 0 Å². The summed E-state index contributed by atoms with van der Waals surface area (Å²) in [4.78, 5) is 11.3. The second kappa shape index (κ2) is 3.48. The van der Waals surface area contributed by atoms with E-state index in [4.69, 9.17) is 0 Å². The first-order valence-electron chi connectivity index (χ1n) is 4.63. The van der Waals surface area contributed by atoms with Crippen molar-refractivity contribution in [1.29, 1.82) is 0 Å². The topological polar surface area (TPSA) is 29.1 Å². The van der Waals surface area contributed by atoms with Gasteiger partial charge in [0.05, 0.1) is 6.54 Å². The molecular formula is C11H12BrNO. The Hall–Kier alpha value is -0.670. The molecule has 2 nitrogen and oxygen atoms in total. The molecule has 74 valence electrons. The number of Topliss-reactive ketones (excluding diaryl/α,β-unsaturated/α-hetero) is 1. The van der Waals surface area contributed by atoms with Gasteiger partial charge < -0.3 is 5.32 Å². The van der Waals surface area contributed by atoms with Crippen LogP contribution in [0.25, 0.3) is 0 Å². The summed E-state index contributed by atoms with van der Waals surface area (Å²) in [5.41, 5.74) is 0.961. The Balaban J connectivity index is 2.40. The standard InChI is InChI=1S/C11H12BrNO/c1-11(6-8(14)7-13-11)9-4-2-3-5-10(9)12/h2-5,13H,6-7H2,1H3. The lowest BCUT2D eigenvalue weighted by molar-refractivity contribution is -0.116. The number of ketones is 1. The number of carbonyl (C=O) groups excluding carboxylic acids is 1. The first-order valence-corrected chi connectivity index (χ1v) is 5.43. The van der Waals surface area contributed by atoms with E-state index >= 15 is 0 Å². The van der Waals surface area contributed by atoms with Gasteiger partial charge in [-0.25, -0.2) is 0 Å². The lowest BCUT2D eigenvalue weighted by atomic mass is 9.90. The van der Waals surface area contributed by atoms with Crippen LogP contribution >= 0.6 is 15.9 Å². The van der Waals surface area contributed by atoms with E-state index in [1.807, 2.05) is 18.2 Å². The summed E-state index contributed by atoms with van der Waals surface area (Å²) >= 11 is 3.51. The van der Waals surface area contributed by atoms with Crippen LogP contribution in [0.1, 0.15) is 18.9 Å². The van der Waals surface area contributed by atoms with Gasteiger partial charge in [-0.05, 0) is 18.6 Å². The fourth-order valence-electron chi connectivity index (χ4n) is 1.91. The van der Waals surface area contributed by atoms with Crippen LogP contribution in [-0.4, -0.2) is 12.3 Å². The lowest BCUT2D eigenvalue weighted by Gasteiger charge is -2.25. The zero-order valence-corrected chi connectivity index (χ0v) is 9.60. The third-order valence-corrected chi connectivity index (χ3v) is 3.39. The van der Waals surface area contributed by atoms with Crippen molar-refractivity contribution in [3.8, 4) is 0 Å². The van der Waals surface area contributed by atoms with Crippen LogP contribution in [-0.2, 0) is 10.3 Å². The summed E-state index contributed by atoms with van der Waals surface area (Å²) < 4.78 is 1.06. The first kappa shape index (κ1) is 9.87. The Bertz CT molecular complexity index is 377. The van der Waals surface area contributed by atoms with Crippen molar-refractivity contribution >= 4 is 21.7 Å². The third-order valence-electron chi connectivity index (χ3n) is 2.69. The van der Waals surface area contributed by atoms with Crippen molar-refractivity contribution < 1.29 is 4.79 Å². The van der Waals surface area contributed by atoms with Crippen LogP contribution in [0.3, 0.4) is 0 Å². The summed E-state index contributed by atoms with van der Waals surface area (Å²) in [5.74, 6) is 0.281. The van der Waals surface area contributed by atoms with Crippen molar-refractivity contribution in [2.75, 3.05) is 6.54 Å². The molecule has 0 aromatic heterocycles. The number of halogens is 1. The van der Waals surface area contributed by atoms with Crippen molar-refractivity contribution in [3.05, 3.63) is 34.3 Å². The van der Waals surface area contributed by atoms with Gasteiger partial charge in [0.15, 0.2) is 0 Å². The summed E-state index contributed by atoms with van der Waals surface area (Å²) in [6.45, 7) is 2.55. The maximum Gasteiger partial charge on any atom is 0.148 e. The summed E-state index contributed by atoms with van der Waals surface area (Å²) in [5, 5.41) is 3.26. The Labute approximate surface area is 91.8 Å². The predicted molar refractivity (Wildman–Crippen MR) is 59.1 cm³/mol. The second-order valence-corrected chi connectivity index (χ2v) is 4.74. The van der Waals surface area contributed by atoms with Crippen LogP contribution < -0.4 is 5.32 Å². The van der Waals surface area contributed by atoms with Gasteiger partial charge in [-0.15, -0.1) is 0 Å². The Morgan fingerprint density at radius 1 is 1.43 bits per heavy atom. The van der Waals surface area contributed by atoms with E-state index in [2.05, 4.69) is 34.2 Å². The van der Waals surface area contributed by atoms with Gasteiger partial charge in [-0.3, -0.25) is 4.79 Å². The molecule has 1 saturated heterocycles. The van der Waals surface area contributed by atoms with Crippen LogP contribution in [0.5, 0.6) is 0 Å². The summed E-state index contributed by atoms with van der Waals surface area (Å²) in [6, 6.07) is 8.03. The second-order valence-electron chi connectivity index (χ2n) is 3.88. The molecule has 1 unspecified atom stereocenters. The molecule has 1 aliphatic heterocycles. The SMILES string of the molecule is CC1(c2ccccc2Br)CC(=O)CN1. The van der Waals surface area contributed by atoms with Gasteiger partial charge in [0.25, 0.3) is 0 Å². The fourth-order valence-corrected chi connectivity index (χ4v) is 2.63. The molecule has 1 N–H and O–H groups in total. The van der Waals surface area contributed by atoms with E-state index < -0.39 is 0 Å². The van der Waals surface area contributed by atoms with Crippen molar-refractivity contribution in [2.45, 2.75) is 18.9 Å². The highest BCUT2D eigenvalue weighted by Crippen LogP contribution is 2.33. The minimum Gasteiger partial charge on any atom is -0.300 e.